The van der Waals surface area contributed by atoms with Gasteiger partial charge in [0.2, 0.25) is 0 Å². The van der Waals surface area contributed by atoms with Crippen LogP contribution in [0.2, 0.25) is 10.0 Å². The van der Waals surface area contributed by atoms with Gasteiger partial charge < -0.3 is 10.1 Å². The first-order valence-electron chi connectivity index (χ1n) is 5.89. The summed E-state index contributed by atoms with van der Waals surface area (Å²) in [7, 11) is 1.60. The molecule has 2 aromatic rings. The van der Waals surface area contributed by atoms with E-state index in [9.17, 15) is 5.26 Å². The Hall–Kier alpha value is -1.89. The summed E-state index contributed by atoms with van der Waals surface area (Å²) in [6.07, 6.45) is 0. The van der Waals surface area contributed by atoms with E-state index in [0.717, 1.165) is 11.4 Å². The zero-order valence-corrected chi connectivity index (χ0v) is 12.2. The third kappa shape index (κ3) is 3.36. The second-order valence-corrected chi connectivity index (χ2v) is 4.94. The Labute approximate surface area is 127 Å². The standard InChI is InChI=1S/C15H12Cl2N2O/c1-20-12-5-3-11(4-6-12)19-15(9-18)13-8-10(16)2-7-14(13)17/h2-8,15,19H,1H3. The van der Waals surface area contributed by atoms with Crippen molar-refractivity contribution in [1.82, 2.24) is 0 Å². The van der Waals surface area contributed by atoms with Crippen molar-refractivity contribution >= 4 is 28.9 Å². The van der Waals surface area contributed by atoms with Crippen molar-refractivity contribution in [2.75, 3.05) is 12.4 Å². The molecule has 0 fully saturated rings. The molecule has 0 bridgehead atoms. The van der Waals surface area contributed by atoms with Crippen LogP contribution < -0.4 is 10.1 Å². The first kappa shape index (κ1) is 14.5. The molecule has 0 spiro atoms. The number of halogens is 2. The Kier molecular flexibility index (Phi) is 4.73. The highest BCUT2D eigenvalue weighted by Gasteiger charge is 2.14. The lowest BCUT2D eigenvalue weighted by molar-refractivity contribution is 0.415. The van der Waals surface area contributed by atoms with Crippen LogP contribution in [0.25, 0.3) is 0 Å². The highest BCUT2D eigenvalue weighted by atomic mass is 35.5. The van der Waals surface area contributed by atoms with Gasteiger partial charge in [0.05, 0.1) is 13.2 Å². The molecule has 0 amide bonds. The van der Waals surface area contributed by atoms with Gasteiger partial charge in [0.25, 0.3) is 0 Å². The maximum atomic E-state index is 9.32. The molecule has 0 saturated carbocycles. The summed E-state index contributed by atoms with van der Waals surface area (Å²) in [6, 6.07) is 14.0. The van der Waals surface area contributed by atoms with E-state index in [0.29, 0.717) is 15.6 Å². The quantitative estimate of drug-likeness (QED) is 0.892. The molecule has 2 rings (SSSR count). The monoisotopic (exact) mass is 306 g/mol. The fraction of sp³-hybridized carbons (Fsp3) is 0.133. The topological polar surface area (TPSA) is 45.0 Å². The molecule has 0 aliphatic heterocycles. The molecule has 0 aliphatic carbocycles. The number of hydrogen-bond donors (Lipinski definition) is 1. The van der Waals surface area contributed by atoms with E-state index in [4.69, 9.17) is 27.9 Å². The Balaban J connectivity index is 2.24. The minimum absolute atomic E-state index is 0.502. The van der Waals surface area contributed by atoms with E-state index in [1.54, 1.807) is 25.3 Å². The smallest absolute Gasteiger partial charge is 0.141 e. The summed E-state index contributed by atoms with van der Waals surface area (Å²) in [6.45, 7) is 0. The fourth-order valence-electron chi connectivity index (χ4n) is 1.77. The molecule has 0 aliphatic rings. The van der Waals surface area contributed by atoms with Crippen molar-refractivity contribution in [2.24, 2.45) is 0 Å². The minimum Gasteiger partial charge on any atom is -0.497 e. The third-order valence-electron chi connectivity index (χ3n) is 2.80. The number of rotatable bonds is 4. The first-order valence-corrected chi connectivity index (χ1v) is 6.65. The second-order valence-electron chi connectivity index (χ2n) is 4.10. The number of hydrogen-bond acceptors (Lipinski definition) is 3. The van der Waals surface area contributed by atoms with Gasteiger partial charge in [-0.1, -0.05) is 23.2 Å². The van der Waals surface area contributed by atoms with Gasteiger partial charge in [0.1, 0.15) is 11.8 Å². The highest BCUT2D eigenvalue weighted by molar-refractivity contribution is 6.33. The van der Waals surface area contributed by atoms with E-state index in [2.05, 4.69) is 11.4 Å². The van der Waals surface area contributed by atoms with Crippen LogP contribution in [0.3, 0.4) is 0 Å². The molecule has 0 aromatic heterocycles. The van der Waals surface area contributed by atoms with Crippen LogP contribution in [-0.4, -0.2) is 7.11 Å². The minimum atomic E-state index is -0.574. The van der Waals surface area contributed by atoms with Gasteiger partial charge in [-0.2, -0.15) is 5.26 Å². The molecular formula is C15H12Cl2N2O. The van der Waals surface area contributed by atoms with Crippen molar-refractivity contribution < 1.29 is 4.74 Å². The lowest BCUT2D eigenvalue weighted by Gasteiger charge is -2.15. The Morgan fingerprint density at radius 3 is 2.45 bits per heavy atom. The summed E-state index contributed by atoms with van der Waals surface area (Å²) in [5.41, 5.74) is 1.45. The number of anilines is 1. The van der Waals surface area contributed by atoms with Crippen molar-refractivity contribution in [3.8, 4) is 11.8 Å². The molecule has 0 saturated heterocycles. The molecule has 102 valence electrons. The first-order chi connectivity index (χ1) is 9.63. The number of nitrogens with zero attached hydrogens (tertiary/aromatic N) is 1. The summed E-state index contributed by atoms with van der Waals surface area (Å²) in [4.78, 5) is 0. The predicted octanol–water partition coefficient (Wildman–Crippen LogP) is 4.68. The predicted molar refractivity (Wildman–Crippen MR) is 81.4 cm³/mol. The van der Waals surface area contributed by atoms with E-state index >= 15 is 0 Å². The summed E-state index contributed by atoms with van der Waals surface area (Å²) in [5, 5.41) is 13.5. The fourth-order valence-corrected chi connectivity index (χ4v) is 2.18. The SMILES string of the molecule is COc1ccc(NC(C#N)c2cc(Cl)ccc2Cl)cc1. The number of methoxy groups -OCH3 is 1. The van der Waals surface area contributed by atoms with E-state index in [1.165, 1.54) is 0 Å². The molecule has 20 heavy (non-hydrogen) atoms. The van der Waals surface area contributed by atoms with Crippen LogP contribution >= 0.6 is 23.2 Å². The number of ether oxygens (including phenoxy) is 1. The number of benzene rings is 2. The largest absolute Gasteiger partial charge is 0.497 e. The maximum absolute atomic E-state index is 9.32. The van der Waals surface area contributed by atoms with Gasteiger partial charge in [0.15, 0.2) is 0 Å². The van der Waals surface area contributed by atoms with Crippen LogP contribution in [0.4, 0.5) is 5.69 Å². The number of nitrogens with one attached hydrogen (secondary N) is 1. The van der Waals surface area contributed by atoms with Gasteiger partial charge >= 0.3 is 0 Å². The van der Waals surface area contributed by atoms with Crippen molar-refractivity contribution in [2.45, 2.75) is 6.04 Å². The average Bonchev–Trinajstić information content (AvgIpc) is 2.48. The Bertz CT molecular complexity index is 635. The Morgan fingerprint density at radius 2 is 1.85 bits per heavy atom. The van der Waals surface area contributed by atoms with Crippen molar-refractivity contribution in [1.29, 1.82) is 5.26 Å². The van der Waals surface area contributed by atoms with Gasteiger partial charge in [-0.25, -0.2) is 0 Å². The summed E-state index contributed by atoms with van der Waals surface area (Å²) >= 11 is 12.1. The summed E-state index contributed by atoms with van der Waals surface area (Å²) < 4.78 is 5.09. The van der Waals surface area contributed by atoms with Gasteiger partial charge in [-0.05, 0) is 42.5 Å². The average molecular weight is 307 g/mol. The van der Waals surface area contributed by atoms with Gasteiger partial charge in [-0.3, -0.25) is 0 Å². The van der Waals surface area contributed by atoms with E-state index in [1.807, 2.05) is 24.3 Å². The van der Waals surface area contributed by atoms with Crippen LogP contribution in [0, 0.1) is 11.3 Å². The third-order valence-corrected chi connectivity index (χ3v) is 3.38. The molecule has 0 heterocycles. The molecule has 5 heteroatoms. The molecule has 3 nitrogen and oxygen atoms in total. The van der Waals surface area contributed by atoms with Gasteiger partial charge in [0, 0.05) is 21.3 Å². The van der Waals surface area contributed by atoms with Gasteiger partial charge in [-0.15, -0.1) is 0 Å². The maximum Gasteiger partial charge on any atom is 0.141 e. The van der Waals surface area contributed by atoms with Crippen LogP contribution in [-0.2, 0) is 0 Å². The van der Waals surface area contributed by atoms with Crippen LogP contribution in [0.15, 0.2) is 42.5 Å². The van der Waals surface area contributed by atoms with Crippen LogP contribution in [0.5, 0.6) is 5.75 Å². The van der Waals surface area contributed by atoms with E-state index < -0.39 is 6.04 Å². The normalized spacial score (nSPS) is 11.5. The zero-order chi connectivity index (χ0) is 14.5. The van der Waals surface area contributed by atoms with Crippen molar-refractivity contribution in [3.63, 3.8) is 0 Å². The molecule has 0 radical (unpaired) electrons. The van der Waals surface area contributed by atoms with Crippen molar-refractivity contribution in [3.05, 3.63) is 58.1 Å². The number of nitriles is 1. The molecular weight excluding hydrogens is 295 g/mol. The van der Waals surface area contributed by atoms with Crippen LogP contribution in [0.1, 0.15) is 11.6 Å². The molecule has 1 N–H and O–H groups in total. The Morgan fingerprint density at radius 1 is 1.15 bits per heavy atom. The summed E-state index contributed by atoms with van der Waals surface area (Å²) in [5.74, 6) is 0.754. The molecule has 2 aromatic carbocycles. The lowest BCUT2D eigenvalue weighted by Crippen LogP contribution is -2.09. The molecule has 1 unspecified atom stereocenters. The van der Waals surface area contributed by atoms with E-state index in [-0.39, 0.29) is 0 Å². The molecule has 1 atom stereocenters. The highest BCUT2D eigenvalue weighted by Crippen LogP contribution is 2.29. The lowest BCUT2D eigenvalue weighted by atomic mass is 10.1. The zero-order valence-electron chi connectivity index (χ0n) is 10.7. The second kappa shape index (κ2) is 6.51.